The Kier molecular flexibility index (Phi) is 3.70. The number of nitrogens with zero attached hydrogens (tertiary/aromatic N) is 3. The van der Waals surface area contributed by atoms with Gasteiger partial charge < -0.3 is 18.7 Å². The average molecular weight is 243 g/mol. The molecule has 1 aromatic rings. The molecule has 0 radical (unpaired) electrons. The van der Waals surface area contributed by atoms with Crippen LogP contribution in [-0.2, 0) is 6.54 Å². The van der Waals surface area contributed by atoms with Gasteiger partial charge >= 0.3 is 6.98 Å². The number of nitrogens with two attached hydrogens (primary N) is 1. The number of azide groups is 1. The van der Waals surface area contributed by atoms with Crippen molar-refractivity contribution in [3.63, 3.8) is 0 Å². The Hall–Kier alpha value is -1.66. The van der Waals surface area contributed by atoms with E-state index in [-0.39, 0.29) is 17.8 Å². The van der Waals surface area contributed by atoms with Crippen molar-refractivity contribution < 1.29 is 12.9 Å². The molecule has 2 N–H and O–H groups in total. The van der Waals surface area contributed by atoms with Gasteiger partial charge in [-0.05, 0) is 30.5 Å². The summed E-state index contributed by atoms with van der Waals surface area (Å²) in [5, 5.41) is 3.32. The summed E-state index contributed by atoms with van der Waals surface area (Å²) in [6.07, 6.45) is 0. The molecule has 0 aliphatic heterocycles. The number of benzene rings is 1. The van der Waals surface area contributed by atoms with Gasteiger partial charge in [0.1, 0.15) is 0 Å². The molecule has 0 bridgehead atoms. The molecule has 0 aliphatic carbocycles. The summed E-state index contributed by atoms with van der Waals surface area (Å²) in [6.45, 7) is -2.29. The van der Waals surface area contributed by atoms with Gasteiger partial charge in [0.05, 0.1) is 0 Å². The molecule has 0 aliphatic rings. The van der Waals surface area contributed by atoms with E-state index >= 15 is 0 Å². The number of halogens is 3. The van der Waals surface area contributed by atoms with Crippen LogP contribution in [0.15, 0.2) is 11.2 Å². The van der Waals surface area contributed by atoms with Crippen molar-refractivity contribution in [3.8, 4) is 0 Å². The first-order valence-corrected chi connectivity index (χ1v) is 4.91. The highest BCUT2D eigenvalue weighted by Gasteiger charge is 2.29. The molecule has 0 atom stereocenters. The zero-order valence-electron chi connectivity index (χ0n) is 9.41. The molecule has 0 unspecified atom stereocenters. The van der Waals surface area contributed by atoms with E-state index in [0.29, 0.717) is 11.1 Å². The van der Waals surface area contributed by atoms with Gasteiger partial charge in [-0.2, -0.15) is 0 Å². The van der Waals surface area contributed by atoms with Crippen LogP contribution in [0.1, 0.15) is 16.7 Å². The average Bonchev–Trinajstić information content (AvgIpc) is 2.22. The Morgan fingerprint density at radius 3 is 2.35 bits per heavy atom. The van der Waals surface area contributed by atoms with Gasteiger partial charge in [-0.15, -0.1) is 5.46 Å². The predicted octanol–water partition coefficient (Wildman–Crippen LogP) is 2.76. The maximum absolute atomic E-state index is 12.8. The lowest BCUT2D eigenvalue weighted by atomic mass is 9.75. The smallest absolute Gasteiger partial charge is 0.445 e. The lowest BCUT2D eigenvalue weighted by Crippen LogP contribution is -2.37. The fourth-order valence-electron chi connectivity index (χ4n) is 1.72. The van der Waals surface area contributed by atoms with Crippen LogP contribution in [-0.4, -0.2) is 6.98 Å². The van der Waals surface area contributed by atoms with Crippen molar-refractivity contribution in [2.45, 2.75) is 20.4 Å². The Labute approximate surface area is 96.3 Å². The van der Waals surface area contributed by atoms with Crippen molar-refractivity contribution in [1.29, 1.82) is 0 Å². The molecule has 1 aromatic carbocycles. The number of hydrogen-bond donors (Lipinski definition) is 1. The van der Waals surface area contributed by atoms with Crippen LogP contribution < -0.4 is 11.2 Å². The molecule has 8 heteroatoms. The van der Waals surface area contributed by atoms with Crippen molar-refractivity contribution >= 4 is 18.1 Å². The standard InChI is InChI=1S/C9H11BF3N4/c1-5-7(4-14)3-8(10(11,12)13)6(2)9(5)16-17-15/h3H,4,14H2,1-2H3/q-1. The molecule has 0 saturated heterocycles. The predicted molar refractivity (Wildman–Crippen MR) is 61.3 cm³/mol. The van der Waals surface area contributed by atoms with Crippen LogP contribution >= 0.6 is 0 Å². The van der Waals surface area contributed by atoms with E-state index in [1.165, 1.54) is 6.92 Å². The van der Waals surface area contributed by atoms with Crippen molar-refractivity contribution in [3.05, 3.63) is 33.2 Å². The van der Waals surface area contributed by atoms with Crippen LogP contribution in [0.4, 0.5) is 18.6 Å². The summed E-state index contributed by atoms with van der Waals surface area (Å²) < 4.78 is 38.4. The third-order valence-electron chi connectivity index (χ3n) is 2.67. The summed E-state index contributed by atoms with van der Waals surface area (Å²) in [4.78, 5) is 2.55. The highest BCUT2D eigenvalue weighted by molar-refractivity contribution is 6.74. The van der Waals surface area contributed by atoms with E-state index in [9.17, 15) is 12.9 Å². The van der Waals surface area contributed by atoms with Gasteiger partial charge in [0, 0.05) is 17.1 Å². The molecule has 0 heterocycles. The lowest BCUT2D eigenvalue weighted by molar-refractivity contribution is 0.500. The number of hydrogen-bond acceptors (Lipinski definition) is 2. The van der Waals surface area contributed by atoms with Gasteiger partial charge in [0.25, 0.3) is 0 Å². The lowest BCUT2D eigenvalue weighted by Gasteiger charge is -2.22. The van der Waals surface area contributed by atoms with E-state index in [2.05, 4.69) is 10.0 Å². The molecular formula is C9H11BF3N4-. The quantitative estimate of drug-likeness (QED) is 0.376. The molecule has 0 aromatic heterocycles. The maximum Gasteiger partial charge on any atom is 0.509 e. The highest BCUT2D eigenvalue weighted by atomic mass is 19.4. The van der Waals surface area contributed by atoms with Gasteiger partial charge in [-0.25, -0.2) is 0 Å². The van der Waals surface area contributed by atoms with Gasteiger partial charge in [-0.1, -0.05) is 16.7 Å². The first-order chi connectivity index (χ1) is 7.82. The summed E-state index contributed by atoms with van der Waals surface area (Å²) in [6, 6.07) is 1.03. The Morgan fingerprint density at radius 1 is 1.35 bits per heavy atom. The minimum atomic E-state index is -5.14. The fraction of sp³-hybridized carbons (Fsp3) is 0.333. The van der Waals surface area contributed by atoms with Crippen LogP contribution in [0.25, 0.3) is 10.4 Å². The molecule has 17 heavy (non-hydrogen) atoms. The molecule has 92 valence electrons. The van der Waals surface area contributed by atoms with Gasteiger partial charge in [0.2, 0.25) is 0 Å². The highest BCUT2D eigenvalue weighted by Crippen LogP contribution is 2.28. The molecule has 0 fully saturated rings. The minimum absolute atomic E-state index is 0.0182. The maximum atomic E-state index is 12.8. The van der Waals surface area contributed by atoms with E-state index in [0.717, 1.165) is 6.07 Å². The normalized spacial score (nSPS) is 11.2. The Bertz CT molecular complexity index is 492. The third-order valence-corrected chi connectivity index (χ3v) is 2.67. The Balaban J connectivity index is 3.65. The van der Waals surface area contributed by atoms with Crippen molar-refractivity contribution in [2.24, 2.45) is 10.8 Å². The summed E-state index contributed by atoms with van der Waals surface area (Å²) in [5.74, 6) is 0. The summed E-state index contributed by atoms with van der Waals surface area (Å²) in [5.41, 5.74) is 13.8. The summed E-state index contributed by atoms with van der Waals surface area (Å²) >= 11 is 0. The van der Waals surface area contributed by atoms with E-state index in [1.54, 1.807) is 6.92 Å². The monoisotopic (exact) mass is 243 g/mol. The molecule has 1 rings (SSSR count). The molecule has 4 nitrogen and oxygen atoms in total. The number of rotatable bonds is 3. The van der Waals surface area contributed by atoms with Crippen LogP contribution in [0.2, 0.25) is 0 Å². The molecule has 0 amide bonds. The topological polar surface area (TPSA) is 74.8 Å². The van der Waals surface area contributed by atoms with Crippen LogP contribution in [0.3, 0.4) is 0 Å². The second-order valence-corrected chi connectivity index (χ2v) is 3.69. The van der Waals surface area contributed by atoms with Gasteiger partial charge in [-0.3, -0.25) is 0 Å². The second-order valence-electron chi connectivity index (χ2n) is 3.69. The minimum Gasteiger partial charge on any atom is -0.445 e. The van der Waals surface area contributed by atoms with E-state index in [1.807, 2.05) is 0 Å². The zero-order valence-corrected chi connectivity index (χ0v) is 9.41. The zero-order chi connectivity index (χ0) is 13.2. The second kappa shape index (κ2) is 4.69. The van der Waals surface area contributed by atoms with Crippen LogP contribution in [0.5, 0.6) is 0 Å². The molecule has 0 saturated carbocycles. The molecular weight excluding hydrogens is 232 g/mol. The van der Waals surface area contributed by atoms with Crippen molar-refractivity contribution in [2.75, 3.05) is 0 Å². The SMILES string of the molecule is Cc1c(CN)cc([B-](F)(F)F)c(C)c1N=[N+]=[N-]. The third kappa shape index (κ3) is 2.54. The van der Waals surface area contributed by atoms with E-state index < -0.39 is 12.4 Å². The van der Waals surface area contributed by atoms with Crippen LogP contribution in [0, 0.1) is 13.8 Å². The van der Waals surface area contributed by atoms with Gasteiger partial charge in [0.15, 0.2) is 0 Å². The fourth-order valence-corrected chi connectivity index (χ4v) is 1.72. The first-order valence-electron chi connectivity index (χ1n) is 4.91. The first kappa shape index (κ1) is 13.4. The van der Waals surface area contributed by atoms with Crippen molar-refractivity contribution in [1.82, 2.24) is 0 Å². The van der Waals surface area contributed by atoms with E-state index in [4.69, 9.17) is 11.3 Å². The largest absolute Gasteiger partial charge is 0.509 e. The summed E-state index contributed by atoms with van der Waals surface area (Å²) in [7, 11) is 0. The Morgan fingerprint density at radius 2 is 1.94 bits per heavy atom. The molecule has 0 spiro atoms.